The van der Waals surface area contributed by atoms with Crippen molar-refractivity contribution in [3.8, 4) is 0 Å². The molecule has 1 unspecified atom stereocenters. The van der Waals surface area contributed by atoms with Crippen LogP contribution in [0.5, 0.6) is 0 Å². The van der Waals surface area contributed by atoms with Gasteiger partial charge in [-0.15, -0.1) is 0 Å². The van der Waals surface area contributed by atoms with Crippen LogP contribution in [0.3, 0.4) is 0 Å². The highest BCUT2D eigenvalue weighted by Crippen LogP contribution is 2.14. The summed E-state index contributed by atoms with van der Waals surface area (Å²) in [6, 6.07) is 20.0. The van der Waals surface area contributed by atoms with Crippen LogP contribution < -0.4 is 10.6 Å². The minimum atomic E-state index is -0.489. The number of hydrogen-bond acceptors (Lipinski definition) is 3. The number of imidazole rings is 1. The Morgan fingerprint density at radius 1 is 1.07 bits per heavy atom. The Bertz CT molecular complexity index is 877. The molecule has 0 radical (unpaired) electrons. The van der Waals surface area contributed by atoms with Crippen LogP contribution in [0.1, 0.15) is 36.4 Å². The van der Waals surface area contributed by atoms with Gasteiger partial charge in [-0.1, -0.05) is 60.7 Å². The summed E-state index contributed by atoms with van der Waals surface area (Å²) in [4.78, 5) is 9.11. The van der Waals surface area contributed by atoms with Gasteiger partial charge < -0.3 is 20.3 Å². The number of nitrogens with zero attached hydrogens (tertiary/aromatic N) is 3. The molecule has 0 aliphatic rings. The topological polar surface area (TPSA) is 74.5 Å². The van der Waals surface area contributed by atoms with Crippen molar-refractivity contribution in [3.63, 3.8) is 0 Å². The predicted molar refractivity (Wildman–Crippen MR) is 117 cm³/mol. The smallest absolute Gasteiger partial charge is 0.191 e. The summed E-state index contributed by atoms with van der Waals surface area (Å²) in [6.45, 7) is 4.69. The number of aromatic nitrogens is 2. The summed E-state index contributed by atoms with van der Waals surface area (Å²) >= 11 is 0. The van der Waals surface area contributed by atoms with E-state index in [1.807, 2.05) is 67.8 Å². The van der Waals surface area contributed by atoms with E-state index in [1.165, 1.54) is 5.56 Å². The maximum atomic E-state index is 10.3. The highest BCUT2D eigenvalue weighted by Gasteiger charge is 2.08. The molecule has 2 aromatic carbocycles. The third-order valence-electron chi connectivity index (χ3n) is 4.61. The Hall–Kier alpha value is -3.12. The van der Waals surface area contributed by atoms with Crippen molar-refractivity contribution in [2.45, 2.75) is 32.5 Å². The molecule has 0 amide bonds. The molecule has 1 heterocycles. The molecular formula is C23H29N5O. The Kier molecular flexibility index (Phi) is 7.83. The van der Waals surface area contributed by atoms with Gasteiger partial charge in [-0.25, -0.2) is 9.98 Å². The maximum absolute atomic E-state index is 10.3. The molecule has 3 N–H and O–H groups in total. The number of nitrogens with one attached hydrogen (secondary N) is 2. The fourth-order valence-corrected chi connectivity index (χ4v) is 3.08. The van der Waals surface area contributed by atoms with E-state index in [1.54, 1.807) is 0 Å². The van der Waals surface area contributed by atoms with E-state index in [0.717, 1.165) is 30.4 Å². The van der Waals surface area contributed by atoms with Crippen LogP contribution in [-0.4, -0.2) is 33.7 Å². The quantitative estimate of drug-likeness (QED) is 0.387. The number of guanidine groups is 1. The van der Waals surface area contributed by atoms with E-state index in [-0.39, 0.29) is 0 Å². The number of rotatable bonds is 9. The maximum Gasteiger partial charge on any atom is 0.191 e. The zero-order valence-corrected chi connectivity index (χ0v) is 16.8. The third kappa shape index (κ3) is 6.47. The summed E-state index contributed by atoms with van der Waals surface area (Å²) in [6.07, 6.45) is 3.91. The van der Waals surface area contributed by atoms with Gasteiger partial charge in [-0.2, -0.15) is 0 Å². The van der Waals surface area contributed by atoms with Crippen LogP contribution >= 0.6 is 0 Å². The molecule has 0 bridgehead atoms. The molecule has 1 atom stereocenters. The minimum absolute atomic E-state index is 0.483. The summed E-state index contributed by atoms with van der Waals surface area (Å²) in [5.41, 5.74) is 2.16. The van der Waals surface area contributed by atoms with Crippen LogP contribution in [0.2, 0.25) is 0 Å². The first-order valence-electron chi connectivity index (χ1n) is 10.1. The van der Waals surface area contributed by atoms with E-state index in [2.05, 4.69) is 37.3 Å². The standard InChI is InChI=1S/C23H29N5O/c1-2-24-23(26-14-13-21(29)20-11-7-4-8-12-20)27-17-22-25-15-16-28(22)18-19-9-5-3-6-10-19/h3-12,15-16,21,29H,2,13-14,17-18H2,1H3,(H2,24,26,27). The second kappa shape index (κ2) is 11.0. The number of aliphatic hydroxyl groups excluding tert-OH is 1. The van der Waals surface area contributed by atoms with Gasteiger partial charge in [0.1, 0.15) is 12.4 Å². The Morgan fingerprint density at radius 3 is 2.52 bits per heavy atom. The lowest BCUT2D eigenvalue weighted by molar-refractivity contribution is 0.168. The van der Waals surface area contributed by atoms with E-state index in [4.69, 9.17) is 0 Å². The molecular weight excluding hydrogens is 362 g/mol. The highest BCUT2D eigenvalue weighted by atomic mass is 16.3. The van der Waals surface area contributed by atoms with Crippen LogP contribution in [0.4, 0.5) is 0 Å². The van der Waals surface area contributed by atoms with Gasteiger partial charge in [-0.05, 0) is 24.5 Å². The first kappa shape index (κ1) is 20.6. The van der Waals surface area contributed by atoms with Crippen LogP contribution in [0, 0.1) is 0 Å². The van der Waals surface area contributed by atoms with Crippen LogP contribution in [0.15, 0.2) is 78.0 Å². The van der Waals surface area contributed by atoms with E-state index < -0.39 is 6.10 Å². The van der Waals surface area contributed by atoms with Gasteiger partial charge in [0.2, 0.25) is 0 Å². The molecule has 152 valence electrons. The summed E-state index contributed by atoms with van der Waals surface area (Å²) in [5, 5.41) is 16.8. The molecule has 29 heavy (non-hydrogen) atoms. The molecule has 3 rings (SSSR count). The number of aliphatic imine (C=N–C) groups is 1. The van der Waals surface area contributed by atoms with Crippen molar-refractivity contribution in [2.24, 2.45) is 4.99 Å². The lowest BCUT2D eigenvalue weighted by Crippen LogP contribution is -2.38. The van der Waals surface area contributed by atoms with Crippen molar-refractivity contribution >= 4 is 5.96 Å². The molecule has 0 aliphatic carbocycles. The monoisotopic (exact) mass is 391 g/mol. The second-order valence-electron chi connectivity index (χ2n) is 6.79. The van der Waals surface area contributed by atoms with Gasteiger partial charge in [0.15, 0.2) is 5.96 Å². The molecule has 1 aromatic heterocycles. The average Bonchev–Trinajstić information content (AvgIpc) is 3.20. The Balaban J connectivity index is 1.55. The molecule has 0 aliphatic heterocycles. The zero-order valence-electron chi connectivity index (χ0n) is 16.8. The lowest BCUT2D eigenvalue weighted by Gasteiger charge is -2.14. The zero-order chi connectivity index (χ0) is 20.3. The lowest BCUT2D eigenvalue weighted by atomic mass is 10.1. The van der Waals surface area contributed by atoms with Crippen LogP contribution in [0.25, 0.3) is 0 Å². The van der Waals surface area contributed by atoms with Gasteiger partial charge in [0.05, 0.1) is 6.10 Å². The van der Waals surface area contributed by atoms with Crippen molar-refractivity contribution in [1.29, 1.82) is 0 Å². The van der Waals surface area contributed by atoms with E-state index in [0.29, 0.717) is 19.5 Å². The molecule has 0 saturated carbocycles. The minimum Gasteiger partial charge on any atom is -0.388 e. The highest BCUT2D eigenvalue weighted by molar-refractivity contribution is 5.79. The second-order valence-corrected chi connectivity index (χ2v) is 6.79. The van der Waals surface area contributed by atoms with Gasteiger partial charge in [0, 0.05) is 32.0 Å². The average molecular weight is 392 g/mol. The molecule has 0 spiro atoms. The first-order chi connectivity index (χ1) is 14.3. The van der Waals surface area contributed by atoms with Crippen molar-refractivity contribution in [1.82, 2.24) is 20.2 Å². The Morgan fingerprint density at radius 2 is 1.79 bits per heavy atom. The van der Waals surface area contributed by atoms with Gasteiger partial charge in [-0.3, -0.25) is 0 Å². The summed E-state index contributed by atoms with van der Waals surface area (Å²) in [7, 11) is 0. The van der Waals surface area contributed by atoms with E-state index in [9.17, 15) is 5.11 Å². The van der Waals surface area contributed by atoms with Crippen molar-refractivity contribution in [2.75, 3.05) is 13.1 Å². The largest absolute Gasteiger partial charge is 0.388 e. The predicted octanol–water partition coefficient (Wildman–Crippen LogP) is 3.11. The van der Waals surface area contributed by atoms with Crippen molar-refractivity contribution in [3.05, 3.63) is 90.0 Å². The number of hydrogen-bond donors (Lipinski definition) is 3. The first-order valence-corrected chi connectivity index (χ1v) is 10.1. The normalized spacial score (nSPS) is 12.6. The fraction of sp³-hybridized carbons (Fsp3) is 0.304. The molecule has 6 heteroatoms. The molecule has 0 saturated heterocycles. The number of benzene rings is 2. The molecule has 3 aromatic rings. The number of aliphatic hydroxyl groups is 1. The summed E-state index contributed by atoms with van der Waals surface area (Å²) in [5.74, 6) is 1.64. The van der Waals surface area contributed by atoms with Crippen molar-refractivity contribution < 1.29 is 5.11 Å². The molecule has 0 fully saturated rings. The van der Waals surface area contributed by atoms with Gasteiger partial charge >= 0.3 is 0 Å². The fourth-order valence-electron chi connectivity index (χ4n) is 3.08. The molecule has 6 nitrogen and oxygen atoms in total. The Labute approximate surface area is 172 Å². The summed E-state index contributed by atoms with van der Waals surface area (Å²) < 4.78 is 2.11. The van der Waals surface area contributed by atoms with Crippen LogP contribution in [-0.2, 0) is 13.1 Å². The van der Waals surface area contributed by atoms with E-state index >= 15 is 0 Å². The SMILES string of the molecule is CCNC(=NCc1nccn1Cc1ccccc1)NCCC(O)c1ccccc1. The third-order valence-corrected chi connectivity index (χ3v) is 4.61. The van der Waals surface area contributed by atoms with Gasteiger partial charge in [0.25, 0.3) is 0 Å².